The van der Waals surface area contributed by atoms with Crippen molar-refractivity contribution in [3.8, 4) is 17.3 Å². The molecule has 0 aliphatic heterocycles. The maximum atomic E-state index is 13.1. The Balaban J connectivity index is 1.81. The lowest BCUT2D eigenvalue weighted by atomic mass is 10.2. The molecule has 4 aromatic rings. The second-order valence-electron chi connectivity index (χ2n) is 5.60. The number of rotatable bonds is 4. The molecular weight excluding hydrogens is 403 g/mol. The number of benzene rings is 2. The highest BCUT2D eigenvalue weighted by atomic mass is 79.9. The quantitative estimate of drug-likeness (QED) is 0.440. The largest absolute Gasteiger partial charge is 0.481 e. The molecule has 0 aliphatic rings. The van der Waals surface area contributed by atoms with Gasteiger partial charge in [0.25, 0.3) is 0 Å². The molecule has 0 aliphatic carbocycles. The monoisotopic (exact) mass is 414 g/mol. The number of hydrogen-bond acceptors (Lipinski definition) is 4. The summed E-state index contributed by atoms with van der Waals surface area (Å²) >= 11 is 3.24. The average molecular weight is 415 g/mol. The van der Waals surface area contributed by atoms with Gasteiger partial charge in [-0.3, -0.25) is 4.79 Å². The lowest BCUT2D eigenvalue weighted by molar-refractivity contribution is 0.296. The van der Waals surface area contributed by atoms with Crippen LogP contribution in [0.1, 0.15) is 5.56 Å². The molecule has 2 aromatic heterocycles. The SMILES string of the molecule is O=c1c(OCc2ccc(F)cc2)c(-c2ccc(Br)o2)oc2ccccc12. The zero-order valence-corrected chi connectivity index (χ0v) is 15.0. The Kier molecular flexibility index (Phi) is 4.34. The molecule has 0 radical (unpaired) electrons. The molecule has 0 spiro atoms. The van der Waals surface area contributed by atoms with Gasteiger partial charge in [0.2, 0.25) is 16.9 Å². The average Bonchev–Trinajstić information content (AvgIpc) is 3.08. The first-order valence-electron chi connectivity index (χ1n) is 7.80. The fourth-order valence-corrected chi connectivity index (χ4v) is 2.90. The van der Waals surface area contributed by atoms with Gasteiger partial charge in [-0.05, 0) is 57.9 Å². The Morgan fingerprint density at radius 3 is 2.46 bits per heavy atom. The summed E-state index contributed by atoms with van der Waals surface area (Å²) in [6.45, 7) is 0.0955. The van der Waals surface area contributed by atoms with Gasteiger partial charge in [0.15, 0.2) is 10.4 Å². The van der Waals surface area contributed by atoms with Gasteiger partial charge in [0, 0.05) is 0 Å². The van der Waals surface area contributed by atoms with Crippen LogP contribution >= 0.6 is 15.9 Å². The van der Waals surface area contributed by atoms with Crippen LogP contribution in [0.3, 0.4) is 0 Å². The van der Waals surface area contributed by atoms with Crippen molar-refractivity contribution in [3.05, 3.63) is 86.9 Å². The third-order valence-electron chi connectivity index (χ3n) is 3.85. The normalized spacial score (nSPS) is 11.0. The maximum Gasteiger partial charge on any atom is 0.235 e. The molecule has 4 nitrogen and oxygen atoms in total. The third-order valence-corrected chi connectivity index (χ3v) is 4.28. The summed E-state index contributed by atoms with van der Waals surface area (Å²) in [5.41, 5.74) is 0.871. The van der Waals surface area contributed by atoms with E-state index in [4.69, 9.17) is 13.6 Å². The Morgan fingerprint density at radius 2 is 1.73 bits per heavy atom. The highest BCUT2D eigenvalue weighted by Crippen LogP contribution is 2.33. The Labute approximate surface area is 155 Å². The molecule has 4 rings (SSSR count). The highest BCUT2D eigenvalue weighted by Gasteiger charge is 2.20. The minimum Gasteiger partial charge on any atom is -0.481 e. The van der Waals surface area contributed by atoms with Crippen LogP contribution in [-0.4, -0.2) is 0 Å². The Hall–Kier alpha value is -2.86. The molecule has 0 bridgehead atoms. The number of hydrogen-bond donors (Lipinski definition) is 0. The molecule has 2 heterocycles. The molecule has 26 heavy (non-hydrogen) atoms. The number of furan rings is 1. The first kappa shape index (κ1) is 16.6. The van der Waals surface area contributed by atoms with E-state index >= 15 is 0 Å². The number of para-hydroxylation sites is 1. The lowest BCUT2D eigenvalue weighted by Crippen LogP contribution is -2.10. The van der Waals surface area contributed by atoms with Crippen molar-refractivity contribution in [2.45, 2.75) is 6.61 Å². The molecule has 0 fully saturated rings. The summed E-state index contributed by atoms with van der Waals surface area (Å²) in [6, 6.07) is 16.2. The van der Waals surface area contributed by atoms with Crippen LogP contribution in [0.25, 0.3) is 22.5 Å². The van der Waals surface area contributed by atoms with Crippen LogP contribution in [0.15, 0.2) is 79.0 Å². The van der Waals surface area contributed by atoms with Crippen molar-refractivity contribution in [2.75, 3.05) is 0 Å². The van der Waals surface area contributed by atoms with Crippen molar-refractivity contribution >= 4 is 26.9 Å². The van der Waals surface area contributed by atoms with Gasteiger partial charge < -0.3 is 13.6 Å². The fraction of sp³-hybridized carbons (Fsp3) is 0.0500. The van der Waals surface area contributed by atoms with Crippen LogP contribution < -0.4 is 10.2 Å². The van der Waals surface area contributed by atoms with E-state index in [-0.39, 0.29) is 29.4 Å². The van der Waals surface area contributed by atoms with Crippen molar-refractivity contribution in [1.29, 1.82) is 0 Å². The first-order chi connectivity index (χ1) is 12.6. The fourth-order valence-electron chi connectivity index (χ4n) is 2.59. The lowest BCUT2D eigenvalue weighted by Gasteiger charge is -2.10. The number of ether oxygens (including phenoxy) is 1. The molecule has 0 saturated heterocycles. The van der Waals surface area contributed by atoms with Crippen molar-refractivity contribution in [1.82, 2.24) is 0 Å². The standard InChI is InChI=1S/C20H12BrFO4/c21-17-10-9-16(25-17)19-20(24-11-12-5-7-13(22)8-6-12)18(23)14-3-1-2-4-15(14)26-19/h1-10H,11H2. The first-order valence-corrected chi connectivity index (χ1v) is 8.60. The molecule has 0 saturated carbocycles. The second-order valence-corrected chi connectivity index (χ2v) is 6.39. The Bertz CT molecular complexity index is 1130. The minimum absolute atomic E-state index is 0.0508. The third kappa shape index (κ3) is 3.15. The summed E-state index contributed by atoms with van der Waals surface area (Å²) in [7, 11) is 0. The molecule has 0 atom stereocenters. The summed E-state index contributed by atoms with van der Waals surface area (Å²) in [4.78, 5) is 12.9. The predicted octanol–water partition coefficient (Wildman–Crippen LogP) is 5.53. The molecule has 130 valence electrons. The van der Waals surface area contributed by atoms with Crippen molar-refractivity contribution in [2.24, 2.45) is 0 Å². The second kappa shape index (κ2) is 6.80. The zero-order valence-electron chi connectivity index (χ0n) is 13.4. The van der Waals surface area contributed by atoms with E-state index in [1.165, 1.54) is 12.1 Å². The van der Waals surface area contributed by atoms with Crippen molar-refractivity contribution < 1.29 is 18.0 Å². The summed E-state index contributed by atoms with van der Waals surface area (Å²) < 4.78 is 30.7. The van der Waals surface area contributed by atoms with Crippen LogP contribution in [-0.2, 0) is 6.61 Å². The van der Waals surface area contributed by atoms with E-state index < -0.39 is 0 Å². The van der Waals surface area contributed by atoms with Crippen LogP contribution in [0.5, 0.6) is 5.75 Å². The summed E-state index contributed by atoms with van der Waals surface area (Å²) in [6.07, 6.45) is 0. The van der Waals surface area contributed by atoms with Crippen molar-refractivity contribution in [3.63, 3.8) is 0 Å². The summed E-state index contributed by atoms with van der Waals surface area (Å²) in [5.74, 6) is 0.297. The maximum absolute atomic E-state index is 13.1. The van der Waals surface area contributed by atoms with E-state index in [0.29, 0.717) is 21.4 Å². The molecule has 0 unspecified atom stereocenters. The van der Waals surface area contributed by atoms with Gasteiger partial charge in [0.1, 0.15) is 18.0 Å². The van der Waals surface area contributed by atoms with E-state index in [2.05, 4.69) is 15.9 Å². The zero-order chi connectivity index (χ0) is 18.1. The molecular formula is C20H12BrFO4. The van der Waals surface area contributed by atoms with Gasteiger partial charge >= 0.3 is 0 Å². The number of fused-ring (bicyclic) bond motifs is 1. The van der Waals surface area contributed by atoms with Gasteiger partial charge in [-0.1, -0.05) is 24.3 Å². The predicted molar refractivity (Wildman–Crippen MR) is 98.6 cm³/mol. The van der Waals surface area contributed by atoms with Crippen LogP contribution in [0.4, 0.5) is 4.39 Å². The number of halogens is 2. The summed E-state index contributed by atoms with van der Waals surface area (Å²) in [5, 5.41) is 0.413. The van der Waals surface area contributed by atoms with E-state index in [1.54, 1.807) is 48.5 Å². The van der Waals surface area contributed by atoms with Gasteiger partial charge in [0.05, 0.1) is 5.39 Å². The van der Waals surface area contributed by atoms with Crippen LogP contribution in [0.2, 0.25) is 0 Å². The molecule has 0 N–H and O–H groups in total. The topological polar surface area (TPSA) is 52.6 Å². The van der Waals surface area contributed by atoms with Crippen LogP contribution in [0, 0.1) is 5.82 Å². The minimum atomic E-state index is -0.333. The molecule has 6 heteroatoms. The van der Waals surface area contributed by atoms with E-state index in [0.717, 1.165) is 5.56 Å². The molecule has 2 aromatic carbocycles. The van der Waals surface area contributed by atoms with Gasteiger partial charge in [-0.15, -0.1) is 0 Å². The molecule has 0 amide bonds. The highest BCUT2D eigenvalue weighted by molar-refractivity contribution is 9.10. The van der Waals surface area contributed by atoms with E-state index in [9.17, 15) is 9.18 Å². The Morgan fingerprint density at radius 1 is 0.962 bits per heavy atom. The van der Waals surface area contributed by atoms with E-state index in [1.807, 2.05) is 0 Å². The smallest absolute Gasteiger partial charge is 0.235 e. The van der Waals surface area contributed by atoms with Gasteiger partial charge in [-0.25, -0.2) is 4.39 Å². The van der Waals surface area contributed by atoms with Gasteiger partial charge in [-0.2, -0.15) is 0 Å².